The Balaban J connectivity index is 2.48. The number of unbranched alkanes of at least 4 members (excludes halogenated alkanes) is 1. The van der Waals surface area contributed by atoms with E-state index in [4.69, 9.17) is 9.47 Å². The Kier molecular flexibility index (Phi) is 6.89. The summed E-state index contributed by atoms with van der Waals surface area (Å²) in [5, 5.41) is 2.63. The van der Waals surface area contributed by atoms with Crippen LogP contribution >= 0.6 is 0 Å². The van der Waals surface area contributed by atoms with Crippen LogP contribution in [0.3, 0.4) is 0 Å². The normalized spacial score (nSPS) is 10.3. The monoisotopic (exact) mass is 277 g/mol. The first-order chi connectivity index (χ1) is 9.67. The Labute approximate surface area is 118 Å². The fourth-order valence-corrected chi connectivity index (χ4v) is 1.43. The predicted octanol–water partition coefficient (Wildman–Crippen LogP) is 2.53. The third-order valence-electron chi connectivity index (χ3n) is 2.48. The number of hydrogen-bond acceptors (Lipinski definition) is 4. The summed E-state index contributed by atoms with van der Waals surface area (Å²) in [6.45, 7) is 2.37. The van der Waals surface area contributed by atoms with Crippen LogP contribution in [0, 0.1) is 0 Å². The molecule has 0 unspecified atom stereocenters. The fraction of sp³-hybridized carbons (Fsp3) is 0.333. The van der Waals surface area contributed by atoms with Crippen LogP contribution in [0.1, 0.15) is 19.8 Å². The number of carbonyl (C=O) groups is 2. The van der Waals surface area contributed by atoms with Crippen molar-refractivity contribution in [3.63, 3.8) is 0 Å². The Bertz CT molecular complexity index is 483. The van der Waals surface area contributed by atoms with Gasteiger partial charge in [0.15, 0.2) is 0 Å². The van der Waals surface area contributed by atoms with E-state index in [1.54, 1.807) is 24.3 Å². The lowest BCUT2D eigenvalue weighted by atomic mass is 10.3. The van der Waals surface area contributed by atoms with Crippen molar-refractivity contribution in [1.82, 2.24) is 0 Å². The number of para-hydroxylation sites is 2. The van der Waals surface area contributed by atoms with E-state index in [1.807, 2.05) is 6.92 Å². The van der Waals surface area contributed by atoms with E-state index >= 15 is 0 Å². The summed E-state index contributed by atoms with van der Waals surface area (Å²) in [5.74, 6) is -0.379. The second-order valence-electron chi connectivity index (χ2n) is 4.04. The van der Waals surface area contributed by atoms with Crippen molar-refractivity contribution in [3.05, 3.63) is 36.4 Å². The van der Waals surface area contributed by atoms with Crippen LogP contribution in [0.2, 0.25) is 0 Å². The van der Waals surface area contributed by atoms with E-state index in [9.17, 15) is 9.59 Å². The summed E-state index contributed by atoms with van der Waals surface area (Å²) < 4.78 is 10.0. The molecule has 0 fully saturated rings. The smallest absolute Gasteiger partial charge is 0.330 e. The molecule has 1 aromatic rings. The molecule has 1 aromatic carbocycles. The zero-order valence-corrected chi connectivity index (χ0v) is 11.7. The SMILES string of the molecule is CCCCOC(=O)/C=C/C(=O)Nc1ccccc1OC. The number of hydrogen-bond donors (Lipinski definition) is 1. The molecule has 1 rings (SSSR count). The lowest BCUT2D eigenvalue weighted by molar-refractivity contribution is -0.138. The van der Waals surface area contributed by atoms with Gasteiger partial charge in [-0.3, -0.25) is 4.79 Å². The maximum absolute atomic E-state index is 11.7. The van der Waals surface area contributed by atoms with Crippen molar-refractivity contribution in [1.29, 1.82) is 0 Å². The molecule has 0 radical (unpaired) electrons. The molecule has 5 heteroatoms. The largest absolute Gasteiger partial charge is 0.495 e. The van der Waals surface area contributed by atoms with Crippen molar-refractivity contribution in [2.45, 2.75) is 19.8 Å². The lowest BCUT2D eigenvalue weighted by Gasteiger charge is -2.07. The van der Waals surface area contributed by atoms with E-state index in [2.05, 4.69) is 5.32 Å². The summed E-state index contributed by atoms with van der Waals surface area (Å²) in [6, 6.07) is 7.03. The van der Waals surface area contributed by atoms with Gasteiger partial charge >= 0.3 is 5.97 Å². The molecule has 0 atom stereocenters. The molecule has 0 bridgehead atoms. The molecule has 1 amide bonds. The summed E-state index contributed by atoms with van der Waals surface area (Å²) in [7, 11) is 1.52. The molecular formula is C15H19NO4. The standard InChI is InChI=1S/C15H19NO4/c1-3-4-11-20-15(18)10-9-14(17)16-12-7-5-6-8-13(12)19-2/h5-10H,3-4,11H2,1-2H3,(H,16,17)/b10-9+. The van der Waals surface area contributed by atoms with Gasteiger partial charge in [0.05, 0.1) is 19.4 Å². The minimum absolute atomic E-state index is 0.369. The summed E-state index contributed by atoms with van der Waals surface area (Å²) in [4.78, 5) is 22.9. The minimum atomic E-state index is -0.520. The maximum Gasteiger partial charge on any atom is 0.330 e. The Morgan fingerprint density at radius 1 is 1.25 bits per heavy atom. The van der Waals surface area contributed by atoms with Gasteiger partial charge in [-0.05, 0) is 18.6 Å². The number of methoxy groups -OCH3 is 1. The first-order valence-electron chi connectivity index (χ1n) is 6.46. The number of rotatable bonds is 7. The fourth-order valence-electron chi connectivity index (χ4n) is 1.43. The third kappa shape index (κ3) is 5.56. The second-order valence-corrected chi connectivity index (χ2v) is 4.04. The van der Waals surface area contributed by atoms with E-state index < -0.39 is 11.9 Å². The van der Waals surface area contributed by atoms with Crippen LogP contribution in [0.4, 0.5) is 5.69 Å². The maximum atomic E-state index is 11.7. The van der Waals surface area contributed by atoms with Gasteiger partial charge < -0.3 is 14.8 Å². The van der Waals surface area contributed by atoms with Crippen molar-refractivity contribution in [2.24, 2.45) is 0 Å². The number of esters is 1. The zero-order chi connectivity index (χ0) is 14.8. The highest BCUT2D eigenvalue weighted by Gasteiger charge is 2.04. The molecule has 108 valence electrons. The van der Waals surface area contributed by atoms with Crippen molar-refractivity contribution in [3.8, 4) is 5.75 Å². The number of anilines is 1. The van der Waals surface area contributed by atoms with Crippen molar-refractivity contribution < 1.29 is 19.1 Å². The first kappa shape index (κ1) is 15.8. The Hall–Kier alpha value is -2.30. The number of nitrogens with one attached hydrogen (secondary N) is 1. The third-order valence-corrected chi connectivity index (χ3v) is 2.48. The molecule has 0 aliphatic heterocycles. The van der Waals surface area contributed by atoms with Gasteiger partial charge in [-0.2, -0.15) is 0 Å². The van der Waals surface area contributed by atoms with Crippen LogP contribution < -0.4 is 10.1 Å². The van der Waals surface area contributed by atoms with E-state index in [0.717, 1.165) is 25.0 Å². The average Bonchev–Trinajstić information content (AvgIpc) is 2.46. The van der Waals surface area contributed by atoms with Gasteiger partial charge in [-0.1, -0.05) is 25.5 Å². The summed E-state index contributed by atoms with van der Waals surface area (Å²) >= 11 is 0. The number of carbonyl (C=O) groups excluding carboxylic acids is 2. The van der Waals surface area contributed by atoms with Gasteiger partial charge in [0.1, 0.15) is 5.75 Å². The Morgan fingerprint density at radius 3 is 2.70 bits per heavy atom. The summed E-state index contributed by atoms with van der Waals surface area (Å²) in [6.07, 6.45) is 4.01. The van der Waals surface area contributed by atoms with Gasteiger partial charge in [0.2, 0.25) is 5.91 Å². The molecule has 5 nitrogen and oxygen atoms in total. The molecule has 0 spiro atoms. The molecule has 0 aliphatic rings. The molecule has 0 saturated heterocycles. The van der Waals surface area contributed by atoms with Crippen LogP contribution in [0.25, 0.3) is 0 Å². The highest BCUT2D eigenvalue weighted by Crippen LogP contribution is 2.22. The number of ether oxygens (including phenoxy) is 2. The van der Waals surface area contributed by atoms with E-state index in [-0.39, 0.29) is 0 Å². The van der Waals surface area contributed by atoms with Crippen LogP contribution in [0.5, 0.6) is 5.75 Å². The zero-order valence-electron chi connectivity index (χ0n) is 11.7. The highest BCUT2D eigenvalue weighted by molar-refractivity contribution is 6.03. The Morgan fingerprint density at radius 2 is 2.00 bits per heavy atom. The lowest BCUT2D eigenvalue weighted by Crippen LogP contribution is -2.10. The quantitative estimate of drug-likeness (QED) is 0.472. The molecule has 20 heavy (non-hydrogen) atoms. The van der Waals surface area contributed by atoms with Crippen LogP contribution in [0.15, 0.2) is 36.4 Å². The van der Waals surface area contributed by atoms with Crippen LogP contribution in [-0.2, 0) is 14.3 Å². The van der Waals surface area contributed by atoms with Crippen LogP contribution in [-0.4, -0.2) is 25.6 Å². The molecule has 0 aromatic heterocycles. The predicted molar refractivity (Wildman–Crippen MR) is 76.6 cm³/mol. The minimum Gasteiger partial charge on any atom is -0.495 e. The highest BCUT2D eigenvalue weighted by atomic mass is 16.5. The van der Waals surface area contributed by atoms with Gasteiger partial charge in [-0.15, -0.1) is 0 Å². The van der Waals surface area contributed by atoms with Gasteiger partial charge in [0.25, 0.3) is 0 Å². The van der Waals surface area contributed by atoms with Gasteiger partial charge in [-0.25, -0.2) is 4.79 Å². The van der Waals surface area contributed by atoms with E-state index in [1.165, 1.54) is 7.11 Å². The molecule has 0 saturated carbocycles. The van der Waals surface area contributed by atoms with Crippen molar-refractivity contribution >= 4 is 17.6 Å². The molecular weight excluding hydrogens is 258 g/mol. The van der Waals surface area contributed by atoms with E-state index in [0.29, 0.717) is 18.0 Å². The van der Waals surface area contributed by atoms with Gasteiger partial charge in [0, 0.05) is 12.2 Å². The number of benzene rings is 1. The first-order valence-corrected chi connectivity index (χ1v) is 6.46. The summed E-state index contributed by atoms with van der Waals surface area (Å²) in [5.41, 5.74) is 0.545. The topological polar surface area (TPSA) is 64.6 Å². The average molecular weight is 277 g/mol. The molecule has 0 aliphatic carbocycles. The molecule has 0 heterocycles. The van der Waals surface area contributed by atoms with Crippen molar-refractivity contribution in [2.75, 3.05) is 19.0 Å². The molecule has 1 N–H and O–H groups in total. The number of amides is 1. The second kappa shape index (κ2) is 8.74.